The first-order valence-corrected chi connectivity index (χ1v) is 9.36. The second-order valence-corrected chi connectivity index (χ2v) is 6.78. The molecule has 3 nitrogen and oxygen atoms in total. The minimum absolute atomic E-state index is 0.860. The Kier molecular flexibility index (Phi) is 7.50. The highest BCUT2D eigenvalue weighted by Gasteiger charge is 2.09. The average molecular weight is 318 g/mol. The Morgan fingerprint density at radius 3 is 2.45 bits per heavy atom. The Hall–Kier alpha value is -1.29. The smallest absolute Gasteiger partial charge is 0.191 e. The molecular formula is C18H27N3S. The van der Waals surface area contributed by atoms with Crippen LogP contribution in [0.4, 0.5) is 0 Å². The van der Waals surface area contributed by atoms with E-state index in [-0.39, 0.29) is 0 Å². The van der Waals surface area contributed by atoms with Crippen LogP contribution < -0.4 is 0 Å². The summed E-state index contributed by atoms with van der Waals surface area (Å²) in [5.74, 6) is 2.13. The molecule has 1 heterocycles. The maximum absolute atomic E-state index is 4.34. The molecule has 0 aliphatic rings. The summed E-state index contributed by atoms with van der Waals surface area (Å²) in [7, 11) is 0. The summed E-state index contributed by atoms with van der Waals surface area (Å²) < 4.78 is 2.22. The van der Waals surface area contributed by atoms with Gasteiger partial charge < -0.3 is 4.57 Å². The molecule has 0 unspecified atom stereocenters. The zero-order chi connectivity index (χ0) is 15.6. The van der Waals surface area contributed by atoms with Crippen LogP contribution in [-0.4, -0.2) is 20.5 Å². The summed E-state index contributed by atoms with van der Waals surface area (Å²) in [5.41, 5.74) is 1.30. The summed E-state index contributed by atoms with van der Waals surface area (Å²) in [6.07, 6.45) is 8.04. The minimum atomic E-state index is 0.860. The molecule has 2 rings (SSSR count). The zero-order valence-corrected chi connectivity index (χ0v) is 14.6. The van der Waals surface area contributed by atoms with Crippen molar-refractivity contribution < 1.29 is 0 Å². The highest BCUT2D eigenvalue weighted by atomic mass is 32.2. The number of benzene rings is 1. The maximum Gasteiger partial charge on any atom is 0.191 e. The lowest BCUT2D eigenvalue weighted by Gasteiger charge is -2.08. The highest BCUT2D eigenvalue weighted by Crippen LogP contribution is 2.20. The van der Waals surface area contributed by atoms with Gasteiger partial charge in [-0.15, -0.1) is 10.2 Å². The van der Waals surface area contributed by atoms with E-state index in [4.69, 9.17) is 0 Å². The third-order valence-electron chi connectivity index (χ3n) is 3.81. The van der Waals surface area contributed by atoms with Crippen LogP contribution in [0.15, 0.2) is 35.5 Å². The van der Waals surface area contributed by atoms with Gasteiger partial charge in [0, 0.05) is 5.75 Å². The molecule has 0 aliphatic heterocycles. The second-order valence-electron chi connectivity index (χ2n) is 5.72. The molecule has 0 radical (unpaired) electrons. The summed E-state index contributed by atoms with van der Waals surface area (Å²) in [5, 5.41) is 9.63. The zero-order valence-electron chi connectivity index (χ0n) is 13.8. The van der Waals surface area contributed by atoms with E-state index >= 15 is 0 Å². The van der Waals surface area contributed by atoms with Crippen LogP contribution in [0.5, 0.6) is 0 Å². The molecule has 0 aliphatic carbocycles. The first-order valence-electron chi connectivity index (χ1n) is 8.37. The lowest BCUT2D eigenvalue weighted by atomic mass is 10.1. The van der Waals surface area contributed by atoms with E-state index in [0.717, 1.165) is 23.3 Å². The van der Waals surface area contributed by atoms with E-state index in [1.165, 1.54) is 44.1 Å². The Morgan fingerprint density at radius 2 is 1.68 bits per heavy atom. The quantitative estimate of drug-likeness (QED) is 0.452. The number of hydrogen-bond donors (Lipinski definition) is 0. The van der Waals surface area contributed by atoms with Gasteiger partial charge in [0.2, 0.25) is 0 Å². The van der Waals surface area contributed by atoms with E-state index < -0.39 is 0 Å². The van der Waals surface area contributed by atoms with Gasteiger partial charge in [-0.05, 0) is 18.9 Å². The largest absolute Gasteiger partial charge is 0.302 e. The molecule has 1 aromatic heterocycles. The predicted molar refractivity (Wildman–Crippen MR) is 94.4 cm³/mol. The number of aromatic nitrogens is 3. The van der Waals surface area contributed by atoms with E-state index in [0.29, 0.717) is 0 Å². The molecule has 0 saturated heterocycles. The van der Waals surface area contributed by atoms with Crippen LogP contribution in [0.1, 0.15) is 56.8 Å². The van der Waals surface area contributed by atoms with Crippen molar-refractivity contribution in [1.82, 2.24) is 14.8 Å². The molecule has 0 amide bonds. The van der Waals surface area contributed by atoms with Gasteiger partial charge in [-0.25, -0.2) is 0 Å². The summed E-state index contributed by atoms with van der Waals surface area (Å²) in [4.78, 5) is 0. The number of rotatable bonds is 10. The van der Waals surface area contributed by atoms with Gasteiger partial charge in [-0.2, -0.15) is 0 Å². The molecular weight excluding hydrogens is 290 g/mol. The standard InChI is InChI=1S/C18H27N3S/c1-3-4-5-6-7-11-14-22-18-20-19-16(2)21(18)15-17-12-9-8-10-13-17/h8-10,12-13H,3-7,11,14-15H2,1-2H3. The molecule has 0 spiro atoms. The number of nitrogens with zero attached hydrogens (tertiary/aromatic N) is 3. The molecule has 2 aromatic rings. The van der Waals surface area contributed by atoms with Gasteiger partial charge in [0.25, 0.3) is 0 Å². The van der Waals surface area contributed by atoms with Crippen molar-refractivity contribution >= 4 is 11.8 Å². The maximum atomic E-state index is 4.34. The topological polar surface area (TPSA) is 30.7 Å². The lowest BCUT2D eigenvalue weighted by molar-refractivity contribution is 0.626. The SMILES string of the molecule is CCCCCCCCSc1nnc(C)n1Cc1ccccc1. The van der Waals surface area contributed by atoms with Crippen molar-refractivity contribution in [2.24, 2.45) is 0 Å². The molecule has 0 atom stereocenters. The third kappa shape index (κ3) is 5.48. The van der Waals surface area contributed by atoms with E-state index in [1.54, 1.807) is 0 Å². The van der Waals surface area contributed by atoms with Crippen LogP contribution in [0.25, 0.3) is 0 Å². The van der Waals surface area contributed by atoms with Crippen molar-refractivity contribution in [1.29, 1.82) is 0 Å². The Labute approximate surface area is 138 Å². The molecule has 4 heteroatoms. The number of aryl methyl sites for hydroxylation is 1. The van der Waals surface area contributed by atoms with Gasteiger partial charge in [0.05, 0.1) is 6.54 Å². The summed E-state index contributed by atoms with van der Waals surface area (Å²) >= 11 is 1.84. The first-order chi connectivity index (χ1) is 10.8. The van der Waals surface area contributed by atoms with Crippen molar-refractivity contribution in [3.05, 3.63) is 41.7 Å². The van der Waals surface area contributed by atoms with Crippen LogP contribution in [0.3, 0.4) is 0 Å². The van der Waals surface area contributed by atoms with E-state index in [1.807, 2.05) is 18.7 Å². The first kappa shape index (κ1) is 17.1. The van der Waals surface area contributed by atoms with Crippen LogP contribution >= 0.6 is 11.8 Å². The van der Waals surface area contributed by atoms with Crippen LogP contribution in [0, 0.1) is 6.92 Å². The molecule has 0 fully saturated rings. The normalized spacial score (nSPS) is 11.0. The van der Waals surface area contributed by atoms with Crippen molar-refractivity contribution in [2.75, 3.05) is 5.75 Å². The van der Waals surface area contributed by atoms with Crippen molar-refractivity contribution in [3.8, 4) is 0 Å². The van der Waals surface area contributed by atoms with E-state index in [9.17, 15) is 0 Å². The van der Waals surface area contributed by atoms with Gasteiger partial charge >= 0.3 is 0 Å². The Morgan fingerprint density at radius 1 is 0.955 bits per heavy atom. The van der Waals surface area contributed by atoms with Crippen LogP contribution in [0.2, 0.25) is 0 Å². The second kappa shape index (κ2) is 9.67. The van der Waals surface area contributed by atoms with Crippen molar-refractivity contribution in [3.63, 3.8) is 0 Å². The fraction of sp³-hybridized carbons (Fsp3) is 0.556. The molecule has 120 valence electrons. The minimum Gasteiger partial charge on any atom is -0.302 e. The monoisotopic (exact) mass is 317 g/mol. The summed E-state index contributed by atoms with van der Waals surface area (Å²) in [6, 6.07) is 10.5. The average Bonchev–Trinajstić information content (AvgIpc) is 2.88. The predicted octanol–water partition coefficient (Wildman–Crippen LogP) is 5.09. The van der Waals surface area contributed by atoms with Crippen molar-refractivity contribution in [2.45, 2.75) is 64.1 Å². The molecule has 22 heavy (non-hydrogen) atoms. The number of hydrogen-bond acceptors (Lipinski definition) is 3. The number of thioether (sulfide) groups is 1. The highest BCUT2D eigenvalue weighted by molar-refractivity contribution is 7.99. The molecule has 0 saturated carbocycles. The fourth-order valence-electron chi connectivity index (χ4n) is 2.46. The van der Waals surface area contributed by atoms with Gasteiger partial charge in [0.15, 0.2) is 5.16 Å². The molecule has 0 N–H and O–H groups in total. The number of unbranched alkanes of at least 4 members (excludes halogenated alkanes) is 5. The third-order valence-corrected chi connectivity index (χ3v) is 4.87. The van der Waals surface area contributed by atoms with Gasteiger partial charge in [0.1, 0.15) is 5.82 Å². The van der Waals surface area contributed by atoms with Gasteiger partial charge in [-0.3, -0.25) is 0 Å². The molecule has 0 bridgehead atoms. The molecule has 1 aromatic carbocycles. The van der Waals surface area contributed by atoms with Crippen LogP contribution in [-0.2, 0) is 6.54 Å². The Balaban J connectivity index is 1.79. The lowest BCUT2D eigenvalue weighted by Crippen LogP contribution is -2.04. The summed E-state index contributed by atoms with van der Waals surface area (Å²) in [6.45, 7) is 5.15. The van der Waals surface area contributed by atoms with Gasteiger partial charge in [-0.1, -0.05) is 81.1 Å². The van der Waals surface area contributed by atoms with E-state index in [2.05, 4.69) is 52.0 Å². The Bertz CT molecular complexity index is 537. The fourth-order valence-corrected chi connectivity index (χ4v) is 3.44.